The topological polar surface area (TPSA) is 34.6 Å². The third-order valence-electron chi connectivity index (χ3n) is 7.18. The van der Waals surface area contributed by atoms with Crippen LogP contribution in [0.4, 0.5) is 0 Å². The summed E-state index contributed by atoms with van der Waals surface area (Å²) in [7, 11) is 2.15. The van der Waals surface area contributed by atoms with Crippen LogP contribution >= 0.6 is 0 Å². The maximum atomic E-state index is 6.56. The van der Waals surface area contributed by atoms with Gasteiger partial charge in [-0.25, -0.2) is 4.57 Å². The molecular formula is C29H19N2O2+. The number of furan rings is 2. The molecule has 0 atom stereocenters. The van der Waals surface area contributed by atoms with E-state index in [2.05, 4.69) is 83.6 Å². The fourth-order valence-electron chi connectivity index (χ4n) is 5.74. The molecule has 0 radical (unpaired) electrons. The summed E-state index contributed by atoms with van der Waals surface area (Å²) < 4.78 is 17.6. The zero-order chi connectivity index (χ0) is 21.8. The van der Waals surface area contributed by atoms with E-state index in [1.54, 1.807) is 0 Å². The third-order valence-corrected chi connectivity index (χ3v) is 7.18. The molecule has 0 aliphatic carbocycles. The van der Waals surface area contributed by atoms with Crippen molar-refractivity contribution < 1.29 is 13.4 Å². The minimum Gasteiger partial charge on any atom is -0.456 e. The summed E-state index contributed by atoms with van der Waals surface area (Å²) >= 11 is 0. The molecule has 0 unspecified atom stereocenters. The van der Waals surface area contributed by atoms with Gasteiger partial charge in [-0.05, 0) is 43.3 Å². The van der Waals surface area contributed by atoms with Crippen LogP contribution in [0, 0.1) is 6.92 Å². The Labute approximate surface area is 187 Å². The van der Waals surface area contributed by atoms with Gasteiger partial charge < -0.3 is 8.83 Å². The van der Waals surface area contributed by atoms with Gasteiger partial charge in [0.2, 0.25) is 0 Å². The predicted octanol–water partition coefficient (Wildman–Crippen LogP) is 7.18. The normalized spacial score (nSPS) is 12.5. The first-order valence-corrected chi connectivity index (χ1v) is 11.2. The summed E-state index contributed by atoms with van der Waals surface area (Å²) in [5, 5.41) is 5.65. The second-order valence-electron chi connectivity index (χ2n) is 8.88. The molecule has 0 aliphatic heterocycles. The first kappa shape index (κ1) is 17.3. The minimum absolute atomic E-state index is 0.900. The average molecular weight is 427 g/mol. The Bertz CT molecular complexity index is 2100. The maximum Gasteiger partial charge on any atom is 0.296 e. The highest BCUT2D eigenvalue weighted by molar-refractivity contribution is 6.23. The van der Waals surface area contributed by atoms with Gasteiger partial charge in [0, 0.05) is 21.7 Å². The van der Waals surface area contributed by atoms with Crippen LogP contribution in [0.1, 0.15) is 5.56 Å². The SMILES string of the molecule is Cc1c2oc3ccccc3c2cc2c3oc4ccccc4c3n3c4ccccc4[n+](C)c3c12. The van der Waals surface area contributed by atoms with E-state index in [1.165, 1.54) is 5.52 Å². The highest BCUT2D eigenvalue weighted by atomic mass is 16.3. The number of para-hydroxylation sites is 4. The van der Waals surface area contributed by atoms with Crippen LogP contribution in [0.2, 0.25) is 0 Å². The summed E-state index contributed by atoms with van der Waals surface area (Å²) in [6, 6.07) is 27.4. The lowest BCUT2D eigenvalue weighted by atomic mass is 10.0. The van der Waals surface area contributed by atoms with Crippen molar-refractivity contribution in [1.29, 1.82) is 0 Å². The molecule has 8 rings (SSSR count). The van der Waals surface area contributed by atoms with Gasteiger partial charge in [0.15, 0.2) is 22.1 Å². The van der Waals surface area contributed by atoms with Crippen molar-refractivity contribution in [2.75, 3.05) is 0 Å². The molecule has 156 valence electrons. The minimum atomic E-state index is 0.900. The maximum absolute atomic E-state index is 6.56. The second-order valence-corrected chi connectivity index (χ2v) is 8.88. The van der Waals surface area contributed by atoms with E-state index in [0.717, 1.165) is 71.5 Å². The lowest BCUT2D eigenvalue weighted by Crippen LogP contribution is -2.27. The van der Waals surface area contributed by atoms with Crippen molar-refractivity contribution in [3.8, 4) is 0 Å². The number of rotatable bonds is 0. The largest absolute Gasteiger partial charge is 0.456 e. The summed E-state index contributed by atoms with van der Waals surface area (Å²) in [6.45, 7) is 2.17. The van der Waals surface area contributed by atoms with E-state index < -0.39 is 0 Å². The second kappa shape index (κ2) is 5.73. The number of aryl methyl sites for hydroxylation is 2. The van der Waals surface area contributed by atoms with Gasteiger partial charge in [-0.2, -0.15) is 4.40 Å². The average Bonchev–Trinajstić information content (AvgIpc) is 3.50. The van der Waals surface area contributed by atoms with Crippen LogP contribution in [-0.2, 0) is 7.05 Å². The molecule has 4 heteroatoms. The van der Waals surface area contributed by atoms with E-state index in [4.69, 9.17) is 8.83 Å². The monoisotopic (exact) mass is 427 g/mol. The van der Waals surface area contributed by atoms with Crippen molar-refractivity contribution in [3.63, 3.8) is 0 Å². The van der Waals surface area contributed by atoms with Crippen LogP contribution in [0.25, 0.3) is 71.5 Å². The summed E-state index contributed by atoms with van der Waals surface area (Å²) in [6.07, 6.45) is 0. The van der Waals surface area contributed by atoms with E-state index in [1.807, 2.05) is 18.2 Å². The van der Waals surface area contributed by atoms with Crippen molar-refractivity contribution in [3.05, 3.63) is 84.4 Å². The standard InChI is InChI=1S/C29H19N2O2/c1-16-25-20(15-19-17-9-3-7-13-23(17)32-27(16)19)28-26(18-10-4-8-14-24(18)33-28)31-22-12-6-5-11-21(22)30(2)29(25)31/h3-15H,1-2H3/q+1. The molecule has 0 bridgehead atoms. The van der Waals surface area contributed by atoms with Gasteiger partial charge in [-0.3, -0.25) is 0 Å². The Morgan fingerprint density at radius 1 is 0.697 bits per heavy atom. The van der Waals surface area contributed by atoms with Crippen molar-refractivity contribution >= 4 is 71.5 Å². The van der Waals surface area contributed by atoms with Crippen LogP contribution in [0.15, 0.2) is 87.7 Å². The van der Waals surface area contributed by atoms with E-state index in [0.29, 0.717) is 0 Å². The van der Waals surface area contributed by atoms with Gasteiger partial charge >= 0.3 is 0 Å². The van der Waals surface area contributed by atoms with E-state index in [9.17, 15) is 0 Å². The molecule has 0 amide bonds. The molecule has 0 saturated heterocycles. The van der Waals surface area contributed by atoms with E-state index in [-0.39, 0.29) is 0 Å². The van der Waals surface area contributed by atoms with Crippen LogP contribution in [-0.4, -0.2) is 4.40 Å². The number of hydrogen-bond acceptors (Lipinski definition) is 2. The summed E-state index contributed by atoms with van der Waals surface area (Å²) in [5.41, 5.74) is 9.38. The van der Waals surface area contributed by atoms with Crippen LogP contribution in [0.3, 0.4) is 0 Å². The van der Waals surface area contributed by atoms with Gasteiger partial charge in [0.25, 0.3) is 5.65 Å². The Morgan fingerprint density at radius 2 is 1.36 bits per heavy atom. The molecule has 4 heterocycles. The molecule has 4 aromatic heterocycles. The van der Waals surface area contributed by atoms with Gasteiger partial charge in [0.05, 0.1) is 17.8 Å². The number of aromatic nitrogens is 2. The summed E-state index contributed by atoms with van der Waals surface area (Å²) in [4.78, 5) is 0. The Balaban J connectivity index is 1.80. The number of nitrogens with zero attached hydrogens (tertiary/aromatic N) is 2. The third kappa shape index (κ3) is 1.95. The molecular weight excluding hydrogens is 408 g/mol. The quantitative estimate of drug-likeness (QED) is 0.240. The number of fused-ring (bicyclic) bond motifs is 13. The lowest BCUT2D eigenvalue weighted by Gasteiger charge is -2.05. The molecule has 0 saturated carbocycles. The highest BCUT2D eigenvalue weighted by Gasteiger charge is 2.29. The fourth-order valence-corrected chi connectivity index (χ4v) is 5.74. The van der Waals surface area contributed by atoms with Gasteiger partial charge in [-0.1, -0.05) is 42.5 Å². The smallest absolute Gasteiger partial charge is 0.296 e. The van der Waals surface area contributed by atoms with Gasteiger partial charge in [-0.15, -0.1) is 0 Å². The molecule has 0 fully saturated rings. The summed E-state index contributed by atoms with van der Waals surface area (Å²) in [5.74, 6) is 0. The lowest BCUT2D eigenvalue weighted by molar-refractivity contribution is -0.617. The molecule has 0 spiro atoms. The molecule has 4 aromatic carbocycles. The van der Waals surface area contributed by atoms with Crippen molar-refractivity contribution in [1.82, 2.24) is 4.40 Å². The molecule has 0 N–H and O–H groups in total. The Kier molecular flexibility index (Phi) is 3.00. The first-order chi connectivity index (χ1) is 16.2. The van der Waals surface area contributed by atoms with Gasteiger partial charge in [0.1, 0.15) is 16.7 Å². The number of imidazole rings is 1. The first-order valence-electron chi connectivity index (χ1n) is 11.2. The van der Waals surface area contributed by atoms with E-state index >= 15 is 0 Å². The zero-order valence-corrected chi connectivity index (χ0v) is 18.2. The van der Waals surface area contributed by atoms with Crippen molar-refractivity contribution in [2.24, 2.45) is 7.05 Å². The van der Waals surface area contributed by atoms with Crippen molar-refractivity contribution in [2.45, 2.75) is 6.92 Å². The molecule has 4 nitrogen and oxygen atoms in total. The fraction of sp³-hybridized carbons (Fsp3) is 0.0690. The Morgan fingerprint density at radius 3 is 2.21 bits per heavy atom. The van der Waals surface area contributed by atoms with Crippen LogP contribution < -0.4 is 4.57 Å². The number of benzene rings is 4. The number of hydrogen-bond donors (Lipinski definition) is 0. The molecule has 33 heavy (non-hydrogen) atoms. The molecule has 0 aliphatic rings. The number of pyridine rings is 1. The highest BCUT2D eigenvalue weighted by Crippen LogP contribution is 2.42. The zero-order valence-electron chi connectivity index (χ0n) is 18.2. The Hall–Kier alpha value is -4.31. The van der Waals surface area contributed by atoms with Crippen LogP contribution in [0.5, 0.6) is 0 Å². The molecule has 8 aromatic rings. The predicted molar refractivity (Wildman–Crippen MR) is 133 cm³/mol.